The lowest BCUT2D eigenvalue weighted by atomic mass is 10.1. The van der Waals surface area contributed by atoms with Gasteiger partial charge in [-0.25, -0.2) is 9.67 Å². The Kier molecular flexibility index (Phi) is 3.38. The van der Waals surface area contributed by atoms with Crippen LogP contribution in [0, 0.1) is 26.2 Å². The van der Waals surface area contributed by atoms with Gasteiger partial charge in [0.05, 0.1) is 11.3 Å². The maximum Gasteiger partial charge on any atom is 0.164 e. The predicted octanol–water partition coefficient (Wildman–Crippen LogP) is 2.04. The van der Waals surface area contributed by atoms with E-state index in [4.69, 9.17) is 11.1 Å². The molecule has 3 N–H and O–H groups in total. The molecule has 0 saturated carbocycles. The summed E-state index contributed by atoms with van der Waals surface area (Å²) in [7, 11) is 0. The quantitative estimate of drug-likeness (QED) is 0.652. The van der Waals surface area contributed by atoms with Crippen molar-refractivity contribution >= 4 is 5.84 Å². The Morgan fingerprint density at radius 2 is 2.00 bits per heavy atom. The van der Waals surface area contributed by atoms with Crippen molar-refractivity contribution in [2.45, 2.75) is 34.1 Å². The second-order valence-corrected chi connectivity index (χ2v) is 4.65. The van der Waals surface area contributed by atoms with E-state index in [2.05, 4.69) is 17.0 Å². The van der Waals surface area contributed by atoms with Crippen LogP contribution in [0.5, 0.6) is 0 Å². The lowest BCUT2D eigenvalue weighted by molar-refractivity contribution is 0.798. The fraction of sp³-hybridized carbons (Fsp3) is 0.357. The number of pyridine rings is 1. The van der Waals surface area contributed by atoms with Gasteiger partial charge in [0.1, 0.15) is 5.84 Å². The molecule has 0 saturated heterocycles. The normalized spacial score (nSPS) is 10.7. The largest absolute Gasteiger partial charge is 0.384 e. The summed E-state index contributed by atoms with van der Waals surface area (Å²) in [6.45, 7) is 8.04. The molecular formula is C14H19N5. The molecule has 0 unspecified atom stereocenters. The van der Waals surface area contributed by atoms with Crippen molar-refractivity contribution in [3.05, 3.63) is 40.3 Å². The monoisotopic (exact) mass is 257 g/mol. The zero-order valence-electron chi connectivity index (χ0n) is 11.8. The molecule has 0 spiro atoms. The Bertz CT molecular complexity index is 640. The van der Waals surface area contributed by atoms with Gasteiger partial charge < -0.3 is 5.73 Å². The molecule has 19 heavy (non-hydrogen) atoms. The van der Waals surface area contributed by atoms with E-state index in [1.54, 1.807) is 4.68 Å². The molecule has 0 radical (unpaired) electrons. The molecule has 0 atom stereocenters. The van der Waals surface area contributed by atoms with Crippen LogP contribution in [-0.4, -0.2) is 20.6 Å². The van der Waals surface area contributed by atoms with Crippen LogP contribution < -0.4 is 5.73 Å². The third-order valence-corrected chi connectivity index (χ3v) is 3.30. The number of hydrogen-bond acceptors (Lipinski definition) is 3. The molecule has 2 rings (SSSR count). The predicted molar refractivity (Wildman–Crippen MR) is 76.0 cm³/mol. The molecule has 5 nitrogen and oxygen atoms in total. The summed E-state index contributed by atoms with van der Waals surface area (Å²) in [6, 6.07) is 3.68. The van der Waals surface area contributed by atoms with E-state index >= 15 is 0 Å². The van der Waals surface area contributed by atoms with Crippen LogP contribution in [0.25, 0.3) is 5.82 Å². The maximum absolute atomic E-state index is 7.67. The van der Waals surface area contributed by atoms with Crippen molar-refractivity contribution < 1.29 is 0 Å². The molecule has 5 heteroatoms. The summed E-state index contributed by atoms with van der Waals surface area (Å²) in [6.07, 6.45) is 0.929. The third kappa shape index (κ3) is 2.23. The number of nitrogens with zero attached hydrogens (tertiary/aromatic N) is 3. The Morgan fingerprint density at radius 1 is 1.32 bits per heavy atom. The van der Waals surface area contributed by atoms with Crippen molar-refractivity contribution in [1.29, 1.82) is 5.41 Å². The first-order valence-electron chi connectivity index (χ1n) is 6.33. The summed E-state index contributed by atoms with van der Waals surface area (Å²) < 4.78 is 1.79. The standard InChI is InChI=1S/C14H19N5/c1-5-11-9(3)18-19(10(11)4)14-12(13(15)16)7-6-8(2)17-14/h6-7H,5H2,1-4H3,(H3,15,16). The highest BCUT2D eigenvalue weighted by molar-refractivity contribution is 5.97. The molecule has 2 aromatic rings. The molecule has 0 amide bonds. The molecular weight excluding hydrogens is 238 g/mol. The second-order valence-electron chi connectivity index (χ2n) is 4.65. The van der Waals surface area contributed by atoms with Gasteiger partial charge in [0, 0.05) is 11.4 Å². The van der Waals surface area contributed by atoms with Crippen molar-refractivity contribution in [3.8, 4) is 5.82 Å². The van der Waals surface area contributed by atoms with Gasteiger partial charge in [-0.3, -0.25) is 5.41 Å². The summed E-state index contributed by atoms with van der Waals surface area (Å²) >= 11 is 0. The number of nitrogens with two attached hydrogens (primary N) is 1. The second kappa shape index (κ2) is 4.84. The van der Waals surface area contributed by atoms with Gasteiger partial charge in [-0.2, -0.15) is 5.10 Å². The zero-order chi connectivity index (χ0) is 14.2. The molecule has 0 aliphatic carbocycles. The summed E-state index contributed by atoms with van der Waals surface area (Å²) in [5, 5.41) is 12.2. The van der Waals surface area contributed by atoms with Gasteiger partial charge in [-0.05, 0) is 44.9 Å². The third-order valence-electron chi connectivity index (χ3n) is 3.30. The minimum absolute atomic E-state index is 0.00750. The Balaban J connectivity index is 2.71. The van der Waals surface area contributed by atoms with E-state index in [0.29, 0.717) is 11.4 Å². The van der Waals surface area contributed by atoms with E-state index < -0.39 is 0 Å². The Morgan fingerprint density at radius 3 is 2.53 bits per heavy atom. The highest BCUT2D eigenvalue weighted by Gasteiger charge is 2.16. The van der Waals surface area contributed by atoms with Crippen LogP contribution in [0.15, 0.2) is 12.1 Å². The van der Waals surface area contributed by atoms with E-state index in [1.165, 1.54) is 5.56 Å². The van der Waals surface area contributed by atoms with Gasteiger partial charge in [0.25, 0.3) is 0 Å². The van der Waals surface area contributed by atoms with Gasteiger partial charge >= 0.3 is 0 Å². The number of nitrogens with one attached hydrogen (secondary N) is 1. The van der Waals surface area contributed by atoms with Gasteiger partial charge in [-0.1, -0.05) is 6.92 Å². The van der Waals surface area contributed by atoms with Gasteiger partial charge in [-0.15, -0.1) is 0 Å². The Labute approximate surface area is 113 Å². The van der Waals surface area contributed by atoms with Crippen LogP contribution in [0.2, 0.25) is 0 Å². The highest BCUT2D eigenvalue weighted by atomic mass is 15.3. The molecule has 2 aromatic heterocycles. The van der Waals surface area contributed by atoms with Crippen molar-refractivity contribution in [3.63, 3.8) is 0 Å². The first-order valence-corrected chi connectivity index (χ1v) is 6.33. The lowest BCUT2D eigenvalue weighted by Gasteiger charge is -2.10. The molecule has 100 valence electrons. The highest BCUT2D eigenvalue weighted by Crippen LogP contribution is 2.20. The SMILES string of the molecule is CCc1c(C)nn(-c2nc(C)ccc2C(=N)N)c1C. The molecule has 0 aliphatic rings. The van der Waals surface area contributed by atoms with Crippen LogP contribution >= 0.6 is 0 Å². The average Bonchev–Trinajstić information content (AvgIpc) is 2.63. The topological polar surface area (TPSA) is 80.6 Å². The van der Waals surface area contributed by atoms with E-state index in [1.807, 2.05) is 32.9 Å². The lowest BCUT2D eigenvalue weighted by Crippen LogP contribution is -2.17. The number of hydrogen-bond donors (Lipinski definition) is 2. The summed E-state index contributed by atoms with van der Waals surface area (Å²) in [5.74, 6) is 0.640. The first kappa shape index (κ1) is 13.3. The fourth-order valence-electron chi connectivity index (χ4n) is 2.31. The molecule has 0 bridgehead atoms. The number of nitrogen functional groups attached to an aromatic ring is 1. The van der Waals surface area contributed by atoms with Gasteiger partial charge in [0.15, 0.2) is 5.82 Å². The molecule has 0 aromatic carbocycles. The van der Waals surface area contributed by atoms with Gasteiger partial charge in [0.2, 0.25) is 0 Å². The molecule has 0 fully saturated rings. The van der Waals surface area contributed by atoms with Crippen LogP contribution in [0.3, 0.4) is 0 Å². The van der Waals surface area contributed by atoms with E-state index in [9.17, 15) is 0 Å². The van der Waals surface area contributed by atoms with E-state index in [-0.39, 0.29) is 5.84 Å². The van der Waals surface area contributed by atoms with Crippen molar-refractivity contribution in [2.75, 3.05) is 0 Å². The van der Waals surface area contributed by atoms with Crippen molar-refractivity contribution in [1.82, 2.24) is 14.8 Å². The number of rotatable bonds is 3. The number of aromatic nitrogens is 3. The number of amidine groups is 1. The number of aryl methyl sites for hydroxylation is 2. The molecule has 0 aliphatic heterocycles. The van der Waals surface area contributed by atoms with E-state index in [0.717, 1.165) is 23.5 Å². The first-order chi connectivity index (χ1) is 8.95. The minimum Gasteiger partial charge on any atom is -0.384 e. The minimum atomic E-state index is 0.00750. The Hall–Kier alpha value is -2.17. The summed E-state index contributed by atoms with van der Waals surface area (Å²) in [4.78, 5) is 4.49. The smallest absolute Gasteiger partial charge is 0.164 e. The van der Waals surface area contributed by atoms with Crippen LogP contribution in [0.1, 0.15) is 35.1 Å². The van der Waals surface area contributed by atoms with Crippen LogP contribution in [-0.2, 0) is 6.42 Å². The zero-order valence-corrected chi connectivity index (χ0v) is 11.8. The average molecular weight is 257 g/mol. The van der Waals surface area contributed by atoms with Crippen molar-refractivity contribution in [2.24, 2.45) is 5.73 Å². The van der Waals surface area contributed by atoms with Crippen LogP contribution in [0.4, 0.5) is 0 Å². The fourth-order valence-corrected chi connectivity index (χ4v) is 2.31. The summed E-state index contributed by atoms with van der Waals surface area (Å²) in [5.41, 5.74) is 10.4. The molecule has 2 heterocycles. The maximum atomic E-state index is 7.67.